The number of carbonyl (C=O) groups is 2. The zero-order valence-corrected chi connectivity index (χ0v) is 39.5. The average molecular weight is 937 g/mol. The van der Waals surface area contributed by atoms with Crippen molar-refractivity contribution in [3.8, 4) is 45.1 Å². The normalized spacial score (nSPS) is 21.7. The molecule has 2 saturated heterocycles. The Morgan fingerprint density at radius 2 is 1.24 bits per heavy atom. The molecule has 12 rings (SSSR count). The van der Waals surface area contributed by atoms with Gasteiger partial charge < -0.3 is 39.9 Å². The maximum Gasteiger partial charge on any atom is 0.253 e. The maximum atomic E-state index is 14.8. The molecule has 16 heteroatoms. The fourth-order valence-electron chi connectivity index (χ4n) is 11.2. The molecule has 4 N–H and O–H groups in total. The maximum absolute atomic E-state index is 14.8. The number of imidazole rings is 2. The largest absolute Gasteiger partial charge is 0.488 e. The lowest BCUT2D eigenvalue weighted by atomic mass is 9.84. The number of guanidine groups is 2. The monoisotopic (exact) mass is 936 g/mol. The Morgan fingerprint density at radius 1 is 0.700 bits per heavy atom. The fraction of sp³-hybridized carbons (Fsp3) is 0.370. The highest BCUT2D eigenvalue weighted by Gasteiger charge is 2.46. The van der Waals surface area contributed by atoms with Crippen LogP contribution < -0.4 is 20.1 Å². The molecule has 4 atom stereocenters. The first-order chi connectivity index (χ1) is 34.2. The van der Waals surface area contributed by atoms with Gasteiger partial charge in [0, 0.05) is 84.8 Å². The molecular weight excluding hydrogens is 881 g/mol. The van der Waals surface area contributed by atoms with Gasteiger partial charge in [-0.1, -0.05) is 48.6 Å². The fourth-order valence-corrected chi connectivity index (χ4v) is 11.2. The standard InChI is InChI=1S/C54H56N12O4/c1-53(37-13-5-3-6-14-37,63-51-55-19-11-20-56-51)49(67)65-23-9-17-41(65)47-59-29-39(61-47)33-25-35-31-70-44-28-34(26-36-32-69-43(27-33)45(35)46(36)44)40-30-60-48(62-40)42-18-10-24-66(42)50(68)54(2,38-15-7-4-8-16-38)64-52-57-21-12-22-58-52/h3-7,13-15,19,21,25-30,41-42H,8-12,16-18,20,22-24,31-32H2,1-2H3,(H,56,63)(H,58,64)(H,59,61)(H,60,62)/t41-,42-,53?,54+/m0/s1. The van der Waals surface area contributed by atoms with E-state index in [-0.39, 0.29) is 23.9 Å². The second-order valence-corrected chi connectivity index (χ2v) is 19.4. The highest BCUT2D eigenvalue weighted by Crippen LogP contribution is 2.51. The molecule has 1 unspecified atom stereocenters. The number of rotatable bonds is 10. The Hall–Kier alpha value is -7.62. The number of aromatic nitrogens is 4. The van der Waals surface area contributed by atoms with Crippen LogP contribution in [0.15, 0.2) is 111 Å². The molecule has 5 aromatic rings. The van der Waals surface area contributed by atoms with E-state index in [9.17, 15) is 9.59 Å². The summed E-state index contributed by atoms with van der Waals surface area (Å²) < 4.78 is 13.1. The third-order valence-corrected chi connectivity index (χ3v) is 14.9. The number of hydrogen-bond donors (Lipinski definition) is 4. The molecule has 2 aromatic heterocycles. The van der Waals surface area contributed by atoms with Crippen LogP contribution in [0.4, 0.5) is 0 Å². The minimum absolute atomic E-state index is 0.00297. The second kappa shape index (κ2) is 17.7. The average Bonchev–Trinajstić information content (AvgIpc) is 4.27. The van der Waals surface area contributed by atoms with Crippen molar-refractivity contribution < 1.29 is 19.1 Å². The Labute approximate surface area is 406 Å². The van der Waals surface area contributed by atoms with Gasteiger partial charge in [0.2, 0.25) is 11.9 Å². The number of likely N-dealkylation sites (tertiary alicyclic amines) is 2. The first-order valence-corrected chi connectivity index (χ1v) is 24.7. The summed E-state index contributed by atoms with van der Waals surface area (Å²) in [6.45, 7) is 7.15. The number of aliphatic imine (C=N–C) groups is 4. The van der Waals surface area contributed by atoms with Gasteiger partial charge in [-0.2, -0.15) is 0 Å². The van der Waals surface area contributed by atoms with Gasteiger partial charge in [0.1, 0.15) is 47.4 Å². The Morgan fingerprint density at radius 3 is 1.76 bits per heavy atom. The molecule has 3 aromatic carbocycles. The molecule has 2 amide bonds. The van der Waals surface area contributed by atoms with Crippen molar-refractivity contribution in [2.24, 2.45) is 20.0 Å². The van der Waals surface area contributed by atoms with Crippen molar-refractivity contribution in [3.63, 3.8) is 0 Å². The zero-order valence-electron chi connectivity index (χ0n) is 39.5. The lowest BCUT2D eigenvalue weighted by Gasteiger charge is -2.38. The smallest absolute Gasteiger partial charge is 0.253 e. The first-order valence-electron chi connectivity index (χ1n) is 24.7. The minimum Gasteiger partial charge on any atom is -0.488 e. The highest BCUT2D eigenvalue weighted by molar-refractivity contribution is 5.99. The van der Waals surface area contributed by atoms with Crippen LogP contribution >= 0.6 is 0 Å². The van der Waals surface area contributed by atoms with Gasteiger partial charge in [0.05, 0.1) is 35.9 Å². The van der Waals surface area contributed by atoms with Gasteiger partial charge in [0.25, 0.3) is 11.8 Å². The van der Waals surface area contributed by atoms with E-state index in [1.54, 1.807) is 0 Å². The predicted molar refractivity (Wildman–Crippen MR) is 269 cm³/mol. The number of nitrogens with one attached hydrogen (secondary N) is 4. The predicted octanol–water partition coefficient (Wildman–Crippen LogP) is 8.04. The molecule has 70 heavy (non-hydrogen) atoms. The lowest BCUT2D eigenvalue weighted by Crippen LogP contribution is -2.59. The summed E-state index contributed by atoms with van der Waals surface area (Å²) >= 11 is 0. The van der Waals surface area contributed by atoms with Crippen LogP contribution in [-0.2, 0) is 28.3 Å². The van der Waals surface area contributed by atoms with E-state index in [0.29, 0.717) is 51.3 Å². The van der Waals surface area contributed by atoms with Crippen molar-refractivity contribution in [1.29, 1.82) is 0 Å². The first kappa shape index (κ1) is 43.6. The number of H-pyrrole nitrogens is 2. The van der Waals surface area contributed by atoms with Gasteiger partial charge in [0.15, 0.2) is 0 Å². The van der Waals surface area contributed by atoms with Crippen LogP contribution in [0.25, 0.3) is 33.6 Å². The Balaban J connectivity index is 0.783. The molecule has 0 saturated carbocycles. The molecular formula is C54H56N12O4. The number of allylic oxidation sites excluding steroid dienone is 3. The summed E-state index contributed by atoms with van der Waals surface area (Å²) in [5, 5.41) is 6.87. The summed E-state index contributed by atoms with van der Waals surface area (Å²) in [6, 6.07) is 17.8. The van der Waals surface area contributed by atoms with E-state index in [0.717, 1.165) is 130 Å². The molecule has 1 aliphatic carbocycles. The van der Waals surface area contributed by atoms with E-state index in [4.69, 9.17) is 19.4 Å². The topological polar surface area (TPSA) is 190 Å². The van der Waals surface area contributed by atoms with Gasteiger partial charge in [-0.05, 0) is 87.8 Å². The Kier molecular flexibility index (Phi) is 11.0. The second-order valence-electron chi connectivity index (χ2n) is 19.4. The number of aromatic amines is 2. The molecule has 6 aliphatic heterocycles. The van der Waals surface area contributed by atoms with Crippen LogP contribution in [0.1, 0.15) is 106 Å². The molecule has 0 spiro atoms. The molecule has 8 heterocycles. The van der Waals surface area contributed by atoms with Crippen LogP contribution in [0, 0.1) is 0 Å². The third kappa shape index (κ3) is 7.69. The molecule has 2 fully saturated rings. The van der Waals surface area contributed by atoms with E-state index >= 15 is 0 Å². The van der Waals surface area contributed by atoms with E-state index in [1.165, 1.54) is 0 Å². The summed E-state index contributed by atoms with van der Waals surface area (Å²) in [7, 11) is 0. The molecule has 16 nitrogen and oxygen atoms in total. The number of ether oxygens (including phenoxy) is 2. The van der Waals surface area contributed by atoms with Crippen molar-refractivity contribution >= 4 is 36.2 Å². The summed E-state index contributed by atoms with van der Waals surface area (Å²) in [5.41, 5.74) is 7.48. The van der Waals surface area contributed by atoms with Crippen LogP contribution in [0.3, 0.4) is 0 Å². The summed E-state index contributed by atoms with van der Waals surface area (Å²) in [5.74, 6) is 4.00. The quantitative estimate of drug-likeness (QED) is 0.108. The Bertz CT molecular complexity index is 3040. The SMILES string of the molecule is CC(NC1=NCCC=N1)(C(=O)N1CCC[C@H]1c1ncc(-c2cc3c4c(c2)OCc2cc(-c5cnc([C@@H]6CCCN6C(=O)[C@](C)(NC6=NCCC=N6)C6=CC=CCC6)[nH]5)cc(c2-4)OC3)[nH]1)c1ccccc1. The van der Waals surface area contributed by atoms with E-state index < -0.39 is 11.1 Å². The van der Waals surface area contributed by atoms with Gasteiger partial charge in [-0.25, -0.2) is 20.0 Å². The van der Waals surface area contributed by atoms with Crippen LogP contribution in [0.5, 0.6) is 11.5 Å². The number of hydrogen-bond acceptors (Lipinski definition) is 12. The minimum atomic E-state index is -1.09. The number of carbonyl (C=O) groups excluding carboxylic acids is 2. The third-order valence-electron chi connectivity index (χ3n) is 14.9. The summed E-state index contributed by atoms with van der Waals surface area (Å²) in [6.07, 6.45) is 20.2. The van der Waals surface area contributed by atoms with Crippen molar-refractivity contribution in [1.82, 2.24) is 40.4 Å². The molecule has 0 bridgehead atoms. The number of benzene rings is 3. The molecule has 7 aliphatic rings. The molecule has 356 valence electrons. The lowest BCUT2D eigenvalue weighted by molar-refractivity contribution is -0.139. The summed E-state index contributed by atoms with van der Waals surface area (Å²) in [4.78, 5) is 68.5. The zero-order chi connectivity index (χ0) is 47.4. The van der Waals surface area contributed by atoms with Crippen molar-refractivity contribution in [3.05, 3.63) is 119 Å². The van der Waals surface area contributed by atoms with Crippen molar-refractivity contribution in [2.45, 2.75) is 102 Å². The van der Waals surface area contributed by atoms with Crippen LogP contribution in [-0.4, -0.2) is 97.6 Å². The van der Waals surface area contributed by atoms with Gasteiger partial charge >= 0.3 is 0 Å². The van der Waals surface area contributed by atoms with E-state index in [2.05, 4.69) is 77.0 Å². The van der Waals surface area contributed by atoms with Gasteiger partial charge in [-0.3, -0.25) is 19.6 Å². The van der Waals surface area contributed by atoms with E-state index in [1.807, 2.05) is 84.9 Å². The number of amides is 2. The molecule has 0 radical (unpaired) electrons. The van der Waals surface area contributed by atoms with Crippen molar-refractivity contribution in [2.75, 3.05) is 26.2 Å². The van der Waals surface area contributed by atoms with Gasteiger partial charge in [-0.15, -0.1) is 0 Å². The number of nitrogens with zero attached hydrogens (tertiary/aromatic N) is 8. The van der Waals surface area contributed by atoms with Crippen LogP contribution in [0.2, 0.25) is 0 Å². The highest BCUT2D eigenvalue weighted by atomic mass is 16.5.